The largest absolute Gasteiger partial charge is 0.352 e. The summed E-state index contributed by atoms with van der Waals surface area (Å²) in [5.74, 6) is 0.408. The fourth-order valence-corrected chi connectivity index (χ4v) is 2.48. The number of rotatable bonds is 5. The van der Waals surface area contributed by atoms with Gasteiger partial charge in [0.2, 0.25) is 5.91 Å². The van der Waals surface area contributed by atoms with Crippen molar-refractivity contribution in [2.24, 2.45) is 5.92 Å². The maximum Gasteiger partial charge on any atom is 0.272 e. The molecule has 0 radical (unpaired) electrons. The summed E-state index contributed by atoms with van der Waals surface area (Å²) in [7, 11) is 0. The van der Waals surface area contributed by atoms with Crippen molar-refractivity contribution >= 4 is 11.6 Å². The fraction of sp³-hybridized carbons (Fsp3) is 0.500. The van der Waals surface area contributed by atoms with Gasteiger partial charge in [-0.05, 0) is 37.9 Å². The van der Waals surface area contributed by atoms with Crippen LogP contribution in [-0.2, 0) is 11.3 Å². The van der Waals surface area contributed by atoms with Crippen molar-refractivity contribution in [1.29, 1.82) is 0 Å². The lowest BCUT2D eigenvalue weighted by Gasteiger charge is -2.10. The van der Waals surface area contributed by atoms with Crippen LogP contribution in [0.2, 0.25) is 0 Å². The van der Waals surface area contributed by atoms with Gasteiger partial charge >= 0.3 is 0 Å². The lowest BCUT2D eigenvalue weighted by atomic mass is 10.0. The first-order valence-corrected chi connectivity index (χ1v) is 6.78. The van der Waals surface area contributed by atoms with Crippen molar-refractivity contribution in [3.63, 3.8) is 0 Å². The maximum absolute atomic E-state index is 11.8. The number of nitrogens with one attached hydrogen (secondary N) is 2. The highest BCUT2D eigenvalue weighted by Gasteiger charge is 2.18. The molecule has 6 nitrogen and oxygen atoms in total. The topological polar surface area (TPSA) is 84.3 Å². The first-order valence-electron chi connectivity index (χ1n) is 6.78. The number of nitrogens with zero attached hydrogens (tertiary/aromatic N) is 1. The summed E-state index contributed by atoms with van der Waals surface area (Å²) in [6, 6.07) is 4.93. The van der Waals surface area contributed by atoms with Crippen LogP contribution in [0.15, 0.2) is 18.2 Å². The highest BCUT2D eigenvalue weighted by atomic mass is 16.6. The number of nitro groups is 1. The van der Waals surface area contributed by atoms with E-state index >= 15 is 0 Å². The third-order valence-corrected chi connectivity index (χ3v) is 3.73. The number of carbonyl (C=O) groups is 1. The van der Waals surface area contributed by atoms with E-state index in [9.17, 15) is 14.9 Å². The predicted molar refractivity (Wildman–Crippen MR) is 75.3 cm³/mol. The first-order chi connectivity index (χ1) is 9.58. The molecule has 1 amide bonds. The molecule has 1 fully saturated rings. The summed E-state index contributed by atoms with van der Waals surface area (Å²) in [5.41, 5.74) is 1.49. The number of hydrogen-bond acceptors (Lipinski definition) is 4. The zero-order valence-electron chi connectivity index (χ0n) is 11.5. The normalized spacial score (nSPS) is 17.9. The molecule has 0 bridgehead atoms. The summed E-state index contributed by atoms with van der Waals surface area (Å²) in [6.45, 7) is 3.91. The van der Waals surface area contributed by atoms with Gasteiger partial charge in [0, 0.05) is 24.6 Å². The molecule has 20 heavy (non-hydrogen) atoms. The molecule has 1 aliphatic heterocycles. The average Bonchev–Trinajstić information content (AvgIpc) is 2.90. The Bertz CT molecular complexity index is 510. The van der Waals surface area contributed by atoms with Crippen LogP contribution in [0.3, 0.4) is 0 Å². The molecular formula is C14H19N3O3. The number of benzene rings is 1. The van der Waals surface area contributed by atoms with Gasteiger partial charge in [-0.1, -0.05) is 12.1 Å². The Kier molecular flexibility index (Phi) is 4.68. The Morgan fingerprint density at radius 3 is 3.00 bits per heavy atom. The summed E-state index contributed by atoms with van der Waals surface area (Å²) in [6.07, 6.45) is 1.55. The van der Waals surface area contributed by atoms with Crippen LogP contribution in [0.4, 0.5) is 5.69 Å². The van der Waals surface area contributed by atoms with E-state index in [4.69, 9.17) is 0 Å². The summed E-state index contributed by atoms with van der Waals surface area (Å²) < 4.78 is 0. The van der Waals surface area contributed by atoms with Gasteiger partial charge in [-0.2, -0.15) is 0 Å². The van der Waals surface area contributed by atoms with Crippen LogP contribution in [0, 0.1) is 23.0 Å². The van der Waals surface area contributed by atoms with E-state index in [0.29, 0.717) is 24.4 Å². The molecule has 1 aromatic rings. The lowest BCUT2D eigenvalue weighted by Crippen LogP contribution is -2.26. The molecule has 2 N–H and O–H groups in total. The molecule has 1 atom stereocenters. The minimum atomic E-state index is -0.398. The second kappa shape index (κ2) is 6.47. The molecule has 6 heteroatoms. The molecule has 0 saturated carbocycles. The molecule has 0 aliphatic carbocycles. The fourth-order valence-electron chi connectivity index (χ4n) is 2.48. The van der Waals surface area contributed by atoms with Crippen LogP contribution in [0.25, 0.3) is 0 Å². The molecular weight excluding hydrogens is 258 g/mol. The van der Waals surface area contributed by atoms with Crippen LogP contribution in [-0.4, -0.2) is 23.9 Å². The molecule has 1 heterocycles. The quantitative estimate of drug-likeness (QED) is 0.631. The number of amides is 1. The Labute approximate surface area is 117 Å². The second-order valence-electron chi connectivity index (χ2n) is 5.16. The van der Waals surface area contributed by atoms with Gasteiger partial charge in [0.05, 0.1) is 4.92 Å². The maximum atomic E-state index is 11.8. The van der Waals surface area contributed by atoms with E-state index in [2.05, 4.69) is 10.6 Å². The zero-order chi connectivity index (χ0) is 14.5. The van der Waals surface area contributed by atoms with E-state index in [0.717, 1.165) is 25.1 Å². The molecule has 1 aliphatic rings. The van der Waals surface area contributed by atoms with Gasteiger partial charge in [-0.25, -0.2) is 0 Å². The first kappa shape index (κ1) is 14.5. The van der Waals surface area contributed by atoms with Crippen LogP contribution in [0.5, 0.6) is 0 Å². The SMILES string of the molecule is Cc1c(CNC(=O)CC2CCNC2)cccc1[N+](=O)[O-]. The summed E-state index contributed by atoms with van der Waals surface area (Å²) in [4.78, 5) is 22.3. The van der Waals surface area contributed by atoms with Crippen LogP contribution < -0.4 is 10.6 Å². The van der Waals surface area contributed by atoms with Gasteiger partial charge in [-0.3, -0.25) is 14.9 Å². The Balaban J connectivity index is 1.91. The second-order valence-corrected chi connectivity index (χ2v) is 5.16. The lowest BCUT2D eigenvalue weighted by molar-refractivity contribution is -0.385. The smallest absolute Gasteiger partial charge is 0.272 e. The van der Waals surface area contributed by atoms with E-state index in [1.807, 2.05) is 0 Å². The molecule has 1 unspecified atom stereocenters. The van der Waals surface area contributed by atoms with Crippen LogP contribution in [0.1, 0.15) is 24.0 Å². The van der Waals surface area contributed by atoms with Crippen molar-refractivity contribution in [2.45, 2.75) is 26.3 Å². The third kappa shape index (κ3) is 3.54. The van der Waals surface area contributed by atoms with Crippen molar-refractivity contribution in [1.82, 2.24) is 10.6 Å². The van der Waals surface area contributed by atoms with Gasteiger partial charge < -0.3 is 10.6 Å². The minimum Gasteiger partial charge on any atom is -0.352 e. The average molecular weight is 277 g/mol. The molecule has 1 aromatic carbocycles. The highest BCUT2D eigenvalue weighted by molar-refractivity contribution is 5.76. The van der Waals surface area contributed by atoms with Gasteiger partial charge in [0.25, 0.3) is 5.69 Å². The standard InChI is InChI=1S/C14H19N3O3/c1-10-12(3-2-4-13(10)17(19)20)9-16-14(18)7-11-5-6-15-8-11/h2-4,11,15H,5-9H2,1H3,(H,16,18). The minimum absolute atomic E-state index is 0.00426. The van der Waals surface area contributed by atoms with E-state index in [1.165, 1.54) is 6.07 Å². The summed E-state index contributed by atoms with van der Waals surface area (Å²) >= 11 is 0. The molecule has 1 saturated heterocycles. The Morgan fingerprint density at radius 2 is 2.35 bits per heavy atom. The molecule has 0 spiro atoms. The van der Waals surface area contributed by atoms with Crippen molar-refractivity contribution in [2.75, 3.05) is 13.1 Å². The van der Waals surface area contributed by atoms with Crippen LogP contribution >= 0.6 is 0 Å². The van der Waals surface area contributed by atoms with Crippen molar-refractivity contribution < 1.29 is 9.72 Å². The molecule has 108 valence electrons. The third-order valence-electron chi connectivity index (χ3n) is 3.73. The Morgan fingerprint density at radius 1 is 1.55 bits per heavy atom. The highest BCUT2D eigenvalue weighted by Crippen LogP contribution is 2.21. The zero-order valence-corrected chi connectivity index (χ0v) is 11.5. The van der Waals surface area contributed by atoms with Gasteiger partial charge in [0.1, 0.15) is 0 Å². The van der Waals surface area contributed by atoms with E-state index < -0.39 is 4.92 Å². The number of hydrogen-bond donors (Lipinski definition) is 2. The van der Waals surface area contributed by atoms with E-state index in [1.54, 1.807) is 19.1 Å². The number of nitro benzene ring substituents is 1. The molecule has 0 aromatic heterocycles. The predicted octanol–water partition coefficient (Wildman–Crippen LogP) is 1.52. The Hall–Kier alpha value is -1.95. The number of carbonyl (C=O) groups excluding carboxylic acids is 1. The summed E-state index contributed by atoms with van der Waals surface area (Å²) in [5, 5.41) is 16.9. The molecule has 2 rings (SSSR count). The monoisotopic (exact) mass is 277 g/mol. The van der Waals surface area contributed by atoms with Crippen molar-refractivity contribution in [3.05, 3.63) is 39.4 Å². The van der Waals surface area contributed by atoms with Gasteiger partial charge in [-0.15, -0.1) is 0 Å². The van der Waals surface area contributed by atoms with Gasteiger partial charge in [0.15, 0.2) is 0 Å². The van der Waals surface area contributed by atoms with E-state index in [-0.39, 0.29) is 11.6 Å². The van der Waals surface area contributed by atoms with Crippen molar-refractivity contribution in [3.8, 4) is 0 Å².